The van der Waals surface area contributed by atoms with Crippen LogP contribution in [0.15, 0.2) is 36.5 Å². The van der Waals surface area contributed by atoms with E-state index in [4.69, 9.17) is 11.6 Å². The molecular formula is C20H23ClF3N3. The van der Waals surface area contributed by atoms with E-state index in [1.54, 1.807) is 12.3 Å². The first-order valence-electron chi connectivity index (χ1n) is 9.16. The molecule has 1 aromatic carbocycles. The van der Waals surface area contributed by atoms with Gasteiger partial charge in [-0.3, -0.25) is 9.88 Å². The minimum absolute atomic E-state index is 0.281. The number of aryl methyl sites for hydroxylation is 1. The van der Waals surface area contributed by atoms with E-state index in [9.17, 15) is 13.2 Å². The van der Waals surface area contributed by atoms with Crippen LogP contribution in [0.2, 0.25) is 5.02 Å². The summed E-state index contributed by atoms with van der Waals surface area (Å²) in [6, 6.07) is 7.75. The number of rotatable bonds is 4. The van der Waals surface area contributed by atoms with Gasteiger partial charge >= 0.3 is 6.18 Å². The number of nitrogens with one attached hydrogen (secondary N) is 1. The molecule has 1 saturated heterocycles. The third kappa shape index (κ3) is 4.81. The number of hydrogen-bond acceptors (Lipinski definition) is 3. The Hall–Kier alpha value is -1.63. The summed E-state index contributed by atoms with van der Waals surface area (Å²) in [4.78, 5) is 6.76. The maximum absolute atomic E-state index is 13.4. The van der Waals surface area contributed by atoms with Gasteiger partial charge in [-0.2, -0.15) is 13.2 Å². The lowest BCUT2D eigenvalue weighted by molar-refractivity contribution is -0.137. The topological polar surface area (TPSA) is 28.2 Å². The fraction of sp³-hybridized carbons (Fsp3) is 0.450. The van der Waals surface area contributed by atoms with Gasteiger partial charge in [-0.15, -0.1) is 0 Å². The van der Waals surface area contributed by atoms with Gasteiger partial charge in [0, 0.05) is 25.8 Å². The third-order valence-electron chi connectivity index (χ3n) is 4.89. The van der Waals surface area contributed by atoms with Gasteiger partial charge in [0.25, 0.3) is 0 Å². The molecule has 1 atom stereocenters. The van der Waals surface area contributed by atoms with Crippen LogP contribution in [0.1, 0.15) is 41.8 Å². The summed E-state index contributed by atoms with van der Waals surface area (Å²) in [6.45, 7) is 5.28. The quantitative estimate of drug-likeness (QED) is 0.810. The van der Waals surface area contributed by atoms with E-state index in [1.807, 2.05) is 19.1 Å². The Morgan fingerprint density at radius 2 is 2.00 bits per heavy atom. The first kappa shape index (κ1) is 20.1. The van der Waals surface area contributed by atoms with E-state index in [1.165, 1.54) is 12.1 Å². The smallest absolute Gasteiger partial charge is 0.315 e. The molecule has 0 spiro atoms. The highest BCUT2D eigenvalue weighted by Crippen LogP contribution is 2.38. The molecule has 1 N–H and O–H groups in total. The average molecular weight is 398 g/mol. The fourth-order valence-electron chi connectivity index (χ4n) is 3.43. The van der Waals surface area contributed by atoms with Crippen LogP contribution in [0.4, 0.5) is 13.2 Å². The largest absolute Gasteiger partial charge is 0.417 e. The molecule has 0 saturated carbocycles. The molecule has 3 rings (SSSR count). The second-order valence-electron chi connectivity index (χ2n) is 6.72. The number of hydrogen-bond donors (Lipinski definition) is 1. The summed E-state index contributed by atoms with van der Waals surface area (Å²) in [5.74, 6) is 0. The Kier molecular flexibility index (Phi) is 6.40. The second kappa shape index (κ2) is 8.59. The summed E-state index contributed by atoms with van der Waals surface area (Å²) in [6.07, 6.45) is -0.884. The van der Waals surface area contributed by atoms with Gasteiger partial charge in [0.15, 0.2) is 0 Å². The molecule has 3 nitrogen and oxygen atoms in total. The van der Waals surface area contributed by atoms with Crippen LogP contribution in [-0.2, 0) is 12.6 Å². The Morgan fingerprint density at radius 1 is 1.19 bits per heavy atom. The van der Waals surface area contributed by atoms with Gasteiger partial charge in [0.2, 0.25) is 0 Å². The molecule has 0 amide bonds. The predicted molar refractivity (Wildman–Crippen MR) is 101 cm³/mol. The van der Waals surface area contributed by atoms with Crippen molar-refractivity contribution < 1.29 is 13.2 Å². The van der Waals surface area contributed by atoms with Crippen molar-refractivity contribution in [1.29, 1.82) is 0 Å². The number of aromatic nitrogens is 1. The van der Waals surface area contributed by atoms with Crippen LogP contribution in [-0.4, -0.2) is 36.1 Å². The number of halogens is 4. The molecule has 1 unspecified atom stereocenters. The number of nitrogens with zero attached hydrogens (tertiary/aromatic N) is 2. The van der Waals surface area contributed by atoms with Crippen molar-refractivity contribution in [2.75, 3.05) is 26.2 Å². The number of benzene rings is 1. The van der Waals surface area contributed by atoms with E-state index in [0.717, 1.165) is 50.3 Å². The molecule has 0 aliphatic carbocycles. The molecule has 27 heavy (non-hydrogen) atoms. The molecule has 0 bridgehead atoms. The van der Waals surface area contributed by atoms with Crippen LogP contribution in [0.3, 0.4) is 0 Å². The van der Waals surface area contributed by atoms with Crippen molar-refractivity contribution in [1.82, 2.24) is 15.2 Å². The molecule has 2 aromatic rings. The lowest BCUT2D eigenvalue weighted by Crippen LogP contribution is -2.33. The summed E-state index contributed by atoms with van der Waals surface area (Å²) < 4.78 is 40.1. The van der Waals surface area contributed by atoms with Gasteiger partial charge in [-0.1, -0.05) is 30.7 Å². The van der Waals surface area contributed by atoms with E-state index in [-0.39, 0.29) is 11.1 Å². The molecule has 2 heterocycles. The van der Waals surface area contributed by atoms with Crippen LogP contribution in [0, 0.1) is 0 Å². The van der Waals surface area contributed by atoms with Crippen LogP contribution < -0.4 is 5.32 Å². The first-order valence-corrected chi connectivity index (χ1v) is 9.54. The normalized spacial score (nSPS) is 17.5. The fourth-order valence-corrected chi connectivity index (χ4v) is 3.66. The summed E-state index contributed by atoms with van der Waals surface area (Å²) >= 11 is 5.82. The second-order valence-corrected chi connectivity index (χ2v) is 7.13. The Balaban J connectivity index is 2.05. The molecule has 0 radical (unpaired) electrons. The Bertz CT molecular complexity index is 754. The molecule has 1 aliphatic rings. The van der Waals surface area contributed by atoms with Crippen LogP contribution in [0.25, 0.3) is 0 Å². The van der Waals surface area contributed by atoms with E-state index >= 15 is 0 Å². The highest BCUT2D eigenvalue weighted by Gasteiger charge is 2.35. The maximum atomic E-state index is 13.4. The van der Waals surface area contributed by atoms with Gasteiger partial charge in [-0.05, 0) is 48.7 Å². The van der Waals surface area contributed by atoms with E-state index in [0.29, 0.717) is 5.56 Å². The zero-order chi connectivity index (χ0) is 19.4. The lowest BCUT2D eigenvalue weighted by Gasteiger charge is -2.31. The lowest BCUT2D eigenvalue weighted by atomic mass is 9.98. The molecule has 1 aliphatic heterocycles. The summed E-state index contributed by atoms with van der Waals surface area (Å²) in [7, 11) is 0. The highest BCUT2D eigenvalue weighted by molar-refractivity contribution is 6.31. The van der Waals surface area contributed by atoms with Gasteiger partial charge in [-0.25, -0.2) is 0 Å². The molecular weight excluding hydrogens is 375 g/mol. The Labute approximate surface area is 162 Å². The zero-order valence-electron chi connectivity index (χ0n) is 15.2. The summed E-state index contributed by atoms with van der Waals surface area (Å²) in [5.41, 5.74) is 1.61. The Morgan fingerprint density at radius 3 is 2.67 bits per heavy atom. The van der Waals surface area contributed by atoms with Crippen molar-refractivity contribution in [3.63, 3.8) is 0 Å². The molecule has 7 heteroatoms. The zero-order valence-corrected chi connectivity index (χ0v) is 15.9. The standard InChI is InChI=1S/C20H23ClF3N3/c1-2-14-4-7-18(26-13-14)19(27-10-3-8-25-9-11-27)15-5-6-17(21)16(12-15)20(22,23)24/h4-7,12-13,19,25H,2-3,8-11H2,1H3. The molecule has 1 fully saturated rings. The van der Waals surface area contributed by atoms with Crippen LogP contribution in [0.5, 0.6) is 0 Å². The number of pyridine rings is 1. The van der Waals surface area contributed by atoms with Crippen molar-refractivity contribution in [3.05, 3.63) is 63.9 Å². The maximum Gasteiger partial charge on any atom is 0.417 e. The van der Waals surface area contributed by atoms with Gasteiger partial charge < -0.3 is 5.32 Å². The van der Waals surface area contributed by atoms with Crippen molar-refractivity contribution in [3.8, 4) is 0 Å². The van der Waals surface area contributed by atoms with Gasteiger partial charge in [0.1, 0.15) is 0 Å². The van der Waals surface area contributed by atoms with Crippen molar-refractivity contribution in [2.45, 2.75) is 32.0 Å². The van der Waals surface area contributed by atoms with Crippen molar-refractivity contribution >= 4 is 11.6 Å². The monoisotopic (exact) mass is 397 g/mol. The minimum Gasteiger partial charge on any atom is -0.315 e. The van der Waals surface area contributed by atoms with Crippen LogP contribution >= 0.6 is 11.6 Å². The predicted octanol–water partition coefficient (Wildman–Crippen LogP) is 4.70. The minimum atomic E-state index is -4.49. The molecule has 146 valence electrons. The highest BCUT2D eigenvalue weighted by atomic mass is 35.5. The molecule has 1 aromatic heterocycles. The van der Waals surface area contributed by atoms with Crippen molar-refractivity contribution in [2.24, 2.45) is 0 Å². The first-order chi connectivity index (χ1) is 12.9. The average Bonchev–Trinajstić information content (AvgIpc) is 2.92. The third-order valence-corrected chi connectivity index (χ3v) is 5.22. The van der Waals surface area contributed by atoms with E-state index < -0.39 is 11.7 Å². The van der Waals surface area contributed by atoms with E-state index in [2.05, 4.69) is 15.2 Å². The van der Waals surface area contributed by atoms with Gasteiger partial charge in [0.05, 0.1) is 22.3 Å². The summed E-state index contributed by atoms with van der Waals surface area (Å²) in [5, 5.41) is 3.05. The number of alkyl halides is 3. The SMILES string of the molecule is CCc1ccc(C(c2ccc(Cl)c(C(F)(F)F)c2)N2CCCNCC2)nc1.